The number of unbranched alkanes of at least 4 members (excludes halogenated alkanes) is 3. The molecule has 0 amide bonds. The summed E-state index contributed by atoms with van der Waals surface area (Å²) in [5.74, 6) is -1.21. The van der Waals surface area contributed by atoms with Gasteiger partial charge in [0.2, 0.25) is 0 Å². The topological polar surface area (TPSA) is 94.8 Å². The van der Waals surface area contributed by atoms with Crippen molar-refractivity contribution < 1.29 is 23.2 Å². The molecule has 102 valence electrons. The molecule has 0 aliphatic rings. The van der Waals surface area contributed by atoms with Crippen LogP contribution in [0.3, 0.4) is 0 Å². The van der Waals surface area contributed by atoms with Crippen LogP contribution in [0.4, 0.5) is 0 Å². The maximum Gasteiger partial charge on any atom is 0.301 e. The summed E-state index contributed by atoms with van der Waals surface area (Å²) in [4.78, 5) is -0.810. The zero-order chi connectivity index (χ0) is 13.8. The quantitative estimate of drug-likeness (QED) is 0.547. The third kappa shape index (κ3) is 3.61. The molecule has 0 fully saturated rings. The Morgan fingerprint density at radius 2 is 1.78 bits per heavy atom. The highest BCUT2D eigenvalue weighted by Gasteiger charge is 2.22. The first kappa shape index (κ1) is 14.8. The maximum atomic E-state index is 11.0. The van der Waals surface area contributed by atoms with Crippen molar-refractivity contribution in [2.24, 2.45) is 0 Å². The van der Waals surface area contributed by atoms with Crippen molar-refractivity contribution in [1.29, 1.82) is 0 Å². The first-order valence-electron chi connectivity index (χ1n) is 5.89. The van der Waals surface area contributed by atoms with E-state index in [4.69, 9.17) is 4.55 Å². The summed E-state index contributed by atoms with van der Waals surface area (Å²) in [6.07, 6.45) is 4.46. The van der Waals surface area contributed by atoms with Gasteiger partial charge in [-0.3, -0.25) is 4.55 Å². The SMILES string of the molecule is CCCCCCc1ccc(O)c(S(=O)(=O)O)c1O. The smallest absolute Gasteiger partial charge is 0.301 e. The fraction of sp³-hybridized carbons (Fsp3) is 0.500. The standard InChI is InChI=1S/C12H18O5S/c1-2-3-4-5-6-9-7-8-10(13)12(11(9)14)18(15,16)17/h7-8,13-14H,2-6H2,1H3,(H,15,16,17). The van der Waals surface area contributed by atoms with E-state index in [9.17, 15) is 18.6 Å². The van der Waals surface area contributed by atoms with Crippen LogP contribution >= 0.6 is 0 Å². The molecule has 0 aliphatic carbocycles. The molecule has 0 heterocycles. The van der Waals surface area contributed by atoms with Crippen LogP contribution in [0.2, 0.25) is 0 Å². The third-order valence-corrected chi connectivity index (χ3v) is 3.67. The largest absolute Gasteiger partial charge is 0.506 e. The van der Waals surface area contributed by atoms with Gasteiger partial charge < -0.3 is 10.2 Å². The molecule has 0 aliphatic heterocycles. The number of aromatic hydroxyl groups is 2. The monoisotopic (exact) mass is 274 g/mol. The van der Waals surface area contributed by atoms with E-state index in [2.05, 4.69) is 6.92 Å². The lowest BCUT2D eigenvalue weighted by atomic mass is 10.1. The van der Waals surface area contributed by atoms with E-state index in [0.717, 1.165) is 31.7 Å². The van der Waals surface area contributed by atoms with Gasteiger partial charge in [-0.1, -0.05) is 32.3 Å². The Hall–Kier alpha value is -1.27. The molecule has 0 spiro atoms. The van der Waals surface area contributed by atoms with Gasteiger partial charge >= 0.3 is 10.1 Å². The molecular formula is C12H18O5S. The average Bonchev–Trinajstić information content (AvgIpc) is 2.25. The molecule has 0 bridgehead atoms. The number of phenols is 2. The zero-order valence-electron chi connectivity index (χ0n) is 10.3. The van der Waals surface area contributed by atoms with Crippen LogP contribution < -0.4 is 0 Å². The van der Waals surface area contributed by atoms with Gasteiger partial charge in [0.25, 0.3) is 0 Å². The summed E-state index contributed by atoms with van der Waals surface area (Å²) < 4.78 is 31.0. The molecule has 1 aromatic carbocycles. The van der Waals surface area contributed by atoms with Gasteiger partial charge in [-0.25, -0.2) is 0 Å². The summed E-state index contributed by atoms with van der Waals surface area (Å²) in [7, 11) is -4.62. The predicted molar refractivity (Wildman–Crippen MR) is 67.4 cm³/mol. The normalized spacial score (nSPS) is 11.7. The molecule has 18 heavy (non-hydrogen) atoms. The van der Waals surface area contributed by atoms with E-state index in [1.54, 1.807) is 0 Å². The molecule has 0 saturated heterocycles. The van der Waals surface area contributed by atoms with Gasteiger partial charge in [0.15, 0.2) is 4.90 Å². The lowest BCUT2D eigenvalue weighted by molar-refractivity contribution is 0.406. The summed E-state index contributed by atoms with van der Waals surface area (Å²) in [5, 5.41) is 19.1. The van der Waals surface area contributed by atoms with Crippen molar-refractivity contribution in [3.8, 4) is 11.5 Å². The number of phenolic OH excluding ortho intramolecular Hbond substituents is 2. The second-order valence-corrected chi connectivity index (χ2v) is 5.57. The highest BCUT2D eigenvalue weighted by molar-refractivity contribution is 7.86. The molecule has 0 aromatic heterocycles. The van der Waals surface area contributed by atoms with E-state index in [0.29, 0.717) is 12.0 Å². The number of rotatable bonds is 6. The number of hydrogen-bond acceptors (Lipinski definition) is 4. The Balaban J connectivity index is 2.96. The van der Waals surface area contributed by atoms with Crippen molar-refractivity contribution in [3.63, 3.8) is 0 Å². The van der Waals surface area contributed by atoms with Crippen molar-refractivity contribution in [3.05, 3.63) is 17.7 Å². The molecule has 6 heteroatoms. The first-order valence-corrected chi connectivity index (χ1v) is 7.33. The van der Waals surface area contributed by atoms with Gasteiger partial charge in [0, 0.05) is 0 Å². The van der Waals surface area contributed by atoms with Crippen molar-refractivity contribution >= 4 is 10.1 Å². The Bertz CT molecular complexity index is 507. The van der Waals surface area contributed by atoms with E-state index in [1.807, 2.05) is 0 Å². The minimum atomic E-state index is -4.62. The van der Waals surface area contributed by atoms with Crippen LogP contribution in [0.1, 0.15) is 38.2 Å². The molecule has 0 saturated carbocycles. The van der Waals surface area contributed by atoms with Crippen LogP contribution in [0.15, 0.2) is 17.0 Å². The minimum absolute atomic E-state index is 0.413. The van der Waals surface area contributed by atoms with Gasteiger partial charge in [-0.05, 0) is 24.5 Å². The van der Waals surface area contributed by atoms with Crippen LogP contribution in [0.5, 0.6) is 11.5 Å². The molecule has 0 atom stereocenters. The Morgan fingerprint density at radius 3 is 2.33 bits per heavy atom. The fourth-order valence-electron chi connectivity index (χ4n) is 1.80. The molecule has 0 radical (unpaired) electrons. The Kier molecular flexibility index (Phi) is 4.98. The highest BCUT2D eigenvalue weighted by Crippen LogP contribution is 2.35. The van der Waals surface area contributed by atoms with Crippen LogP contribution in [-0.4, -0.2) is 23.2 Å². The maximum absolute atomic E-state index is 11.0. The van der Waals surface area contributed by atoms with Crippen molar-refractivity contribution in [2.75, 3.05) is 0 Å². The van der Waals surface area contributed by atoms with Crippen molar-refractivity contribution in [1.82, 2.24) is 0 Å². The lowest BCUT2D eigenvalue weighted by Crippen LogP contribution is -2.01. The first-order chi connectivity index (χ1) is 8.38. The third-order valence-electron chi connectivity index (χ3n) is 2.75. The van der Waals surface area contributed by atoms with Gasteiger partial charge in [-0.15, -0.1) is 0 Å². The predicted octanol–water partition coefficient (Wildman–Crippen LogP) is 2.47. The minimum Gasteiger partial charge on any atom is -0.506 e. The highest BCUT2D eigenvalue weighted by atomic mass is 32.2. The van der Waals surface area contributed by atoms with Gasteiger partial charge in [0.1, 0.15) is 11.5 Å². The van der Waals surface area contributed by atoms with Crippen LogP contribution in [0, 0.1) is 0 Å². The average molecular weight is 274 g/mol. The van der Waals surface area contributed by atoms with E-state index >= 15 is 0 Å². The molecule has 1 aromatic rings. The fourth-order valence-corrected chi connectivity index (χ4v) is 2.51. The van der Waals surface area contributed by atoms with Crippen LogP contribution in [-0.2, 0) is 16.5 Å². The summed E-state index contributed by atoms with van der Waals surface area (Å²) in [5.41, 5.74) is 0.413. The number of hydrogen-bond donors (Lipinski definition) is 3. The Labute approximate surface area is 107 Å². The molecule has 3 N–H and O–H groups in total. The molecular weight excluding hydrogens is 256 g/mol. The van der Waals surface area contributed by atoms with Gasteiger partial charge in [0.05, 0.1) is 0 Å². The van der Waals surface area contributed by atoms with Gasteiger partial charge in [-0.2, -0.15) is 8.42 Å². The molecule has 1 rings (SSSR count). The molecule has 0 unspecified atom stereocenters. The van der Waals surface area contributed by atoms with Crippen molar-refractivity contribution in [2.45, 2.75) is 43.9 Å². The van der Waals surface area contributed by atoms with Crippen LogP contribution in [0.25, 0.3) is 0 Å². The molecule has 5 nitrogen and oxygen atoms in total. The zero-order valence-corrected chi connectivity index (χ0v) is 11.1. The van der Waals surface area contributed by atoms with E-state index in [1.165, 1.54) is 6.07 Å². The summed E-state index contributed by atoms with van der Waals surface area (Å²) in [6, 6.07) is 2.63. The number of benzene rings is 1. The van der Waals surface area contributed by atoms with E-state index in [-0.39, 0.29) is 0 Å². The summed E-state index contributed by atoms with van der Waals surface area (Å²) in [6.45, 7) is 2.08. The lowest BCUT2D eigenvalue weighted by Gasteiger charge is -2.09. The second kappa shape index (κ2) is 6.06. The Morgan fingerprint density at radius 1 is 1.11 bits per heavy atom. The van der Waals surface area contributed by atoms with E-state index < -0.39 is 26.5 Å². The number of aryl methyl sites for hydroxylation is 1. The summed E-state index contributed by atoms with van der Waals surface area (Å²) >= 11 is 0. The second-order valence-electron chi connectivity index (χ2n) is 4.21.